The molecule has 0 spiro atoms. The Labute approximate surface area is 193 Å². The Hall–Kier alpha value is -2.68. The maximum absolute atomic E-state index is 11.4. The highest BCUT2D eigenvalue weighted by Gasteiger charge is 2.12. The van der Waals surface area contributed by atoms with Crippen LogP contribution >= 0.6 is 0 Å². The molecule has 0 aliphatic heterocycles. The van der Waals surface area contributed by atoms with Crippen molar-refractivity contribution in [3.8, 4) is 0 Å². The van der Waals surface area contributed by atoms with E-state index in [1.54, 1.807) is 6.08 Å². The van der Waals surface area contributed by atoms with Crippen LogP contribution in [-0.2, 0) is 9.59 Å². The van der Waals surface area contributed by atoms with Gasteiger partial charge in [0.2, 0.25) is 5.91 Å². The lowest BCUT2D eigenvalue weighted by Gasteiger charge is -2.08. The monoisotopic (exact) mass is 450 g/mol. The van der Waals surface area contributed by atoms with E-state index in [9.17, 15) is 9.59 Å². The van der Waals surface area contributed by atoms with Crippen molar-refractivity contribution in [1.29, 1.82) is 0 Å². The first-order valence-corrected chi connectivity index (χ1v) is 11.1. The van der Waals surface area contributed by atoms with Gasteiger partial charge < -0.3 is 20.8 Å². The third-order valence-corrected chi connectivity index (χ3v) is 4.16. The molecule has 2 amide bonds. The van der Waals surface area contributed by atoms with E-state index in [0.29, 0.717) is 31.5 Å². The first-order chi connectivity index (χ1) is 15.4. The molecule has 0 aromatic heterocycles. The van der Waals surface area contributed by atoms with E-state index in [2.05, 4.69) is 16.1 Å². The zero-order valence-corrected chi connectivity index (χ0v) is 20.2. The molecule has 0 heterocycles. The van der Waals surface area contributed by atoms with Crippen molar-refractivity contribution >= 4 is 11.8 Å². The molecule has 8 heteroatoms. The maximum Gasteiger partial charge on any atom is 0.265 e. The highest BCUT2D eigenvalue weighted by molar-refractivity contribution is 5.97. The van der Waals surface area contributed by atoms with E-state index in [0.717, 1.165) is 24.0 Å². The maximum atomic E-state index is 11.4. The van der Waals surface area contributed by atoms with Gasteiger partial charge in [0.25, 0.3) is 5.91 Å². The standard InChI is InChI=1S/C12H21NO3.C10H15N3O.C2H6/c1-3-10(5-7-11(15)9-14)6-8-12(16)13-4-2;1-12-7-8-5-3-2-4-6-9(8)10(14)13-11;1-2/h5,7,14-15H,3-4,6,8-9H2,1-2H3,(H,13,16);2-3,5-6,12H,4,7,11H2,1H3,(H,13,14);1-2H3/b10-5+,11-7+;;. The normalized spacial score (nSPS) is 13.3. The number of nitrogens with two attached hydrogens (primary N) is 1. The van der Waals surface area contributed by atoms with Crippen molar-refractivity contribution < 1.29 is 19.8 Å². The van der Waals surface area contributed by atoms with Gasteiger partial charge in [0.05, 0.1) is 0 Å². The van der Waals surface area contributed by atoms with Crippen LogP contribution < -0.4 is 21.9 Å². The summed E-state index contributed by atoms with van der Waals surface area (Å²) >= 11 is 0. The number of carbonyl (C=O) groups excluding carboxylic acids is 2. The first kappa shape index (κ1) is 31.5. The van der Waals surface area contributed by atoms with Crippen LogP contribution in [0.15, 0.2) is 58.9 Å². The van der Waals surface area contributed by atoms with E-state index >= 15 is 0 Å². The van der Waals surface area contributed by atoms with Gasteiger partial charge in [-0.3, -0.25) is 15.0 Å². The van der Waals surface area contributed by atoms with Gasteiger partial charge in [0, 0.05) is 25.1 Å². The Balaban J connectivity index is 0. The van der Waals surface area contributed by atoms with E-state index in [4.69, 9.17) is 16.1 Å². The van der Waals surface area contributed by atoms with Crippen molar-refractivity contribution in [1.82, 2.24) is 16.1 Å². The second-order valence-corrected chi connectivity index (χ2v) is 6.43. The van der Waals surface area contributed by atoms with Crippen molar-refractivity contribution in [3.05, 3.63) is 58.9 Å². The van der Waals surface area contributed by atoms with E-state index in [1.807, 2.05) is 59.0 Å². The summed E-state index contributed by atoms with van der Waals surface area (Å²) in [6, 6.07) is 0. The summed E-state index contributed by atoms with van der Waals surface area (Å²) in [5, 5.41) is 23.4. The predicted octanol–water partition coefficient (Wildman–Crippen LogP) is 2.71. The summed E-state index contributed by atoms with van der Waals surface area (Å²) in [7, 11) is 1.84. The summed E-state index contributed by atoms with van der Waals surface area (Å²) in [6.45, 7) is 8.83. The molecule has 1 rings (SSSR count). The van der Waals surface area contributed by atoms with Crippen LogP contribution in [0.25, 0.3) is 0 Å². The van der Waals surface area contributed by atoms with Gasteiger partial charge in [-0.05, 0) is 44.9 Å². The fourth-order valence-electron chi connectivity index (χ4n) is 2.53. The molecule has 0 aromatic carbocycles. The molecule has 0 radical (unpaired) electrons. The highest BCUT2D eigenvalue weighted by atomic mass is 16.3. The van der Waals surface area contributed by atoms with E-state index in [-0.39, 0.29) is 24.2 Å². The van der Waals surface area contributed by atoms with Gasteiger partial charge >= 0.3 is 0 Å². The molecule has 0 unspecified atom stereocenters. The average Bonchev–Trinajstić information content (AvgIpc) is 3.06. The molecule has 32 heavy (non-hydrogen) atoms. The minimum atomic E-state index is -0.357. The van der Waals surface area contributed by atoms with Crippen LogP contribution in [0, 0.1) is 0 Å². The number of hydrogen-bond acceptors (Lipinski definition) is 6. The van der Waals surface area contributed by atoms with Crippen LogP contribution in [-0.4, -0.2) is 48.8 Å². The number of amides is 2. The lowest BCUT2D eigenvalue weighted by Crippen LogP contribution is -2.33. The first-order valence-electron chi connectivity index (χ1n) is 11.1. The molecule has 0 saturated heterocycles. The Bertz CT molecular complexity index is 692. The van der Waals surface area contributed by atoms with Gasteiger partial charge in [0.1, 0.15) is 12.4 Å². The van der Waals surface area contributed by atoms with E-state index in [1.165, 1.54) is 6.08 Å². The molecule has 1 aliphatic rings. The van der Waals surface area contributed by atoms with Gasteiger partial charge in [-0.25, -0.2) is 5.84 Å². The molecule has 1 aliphatic carbocycles. The molecule has 0 saturated carbocycles. The molecule has 0 bridgehead atoms. The highest BCUT2D eigenvalue weighted by Crippen LogP contribution is 2.14. The smallest absolute Gasteiger partial charge is 0.265 e. The number of hydrogen-bond donors (Lipinski definition) is 6. The fraction of sp³-hybridized carbons (Fsp3) is 0.500. The van der Waals surface area contributed by atoms with Crippen LogP contribution in [0.5, 0.6) is 0 Å². The number of rotatable bonds is 10. The summed E-state index contributed by atoms with van der Waals surface area (Å²) < 4.78 is 0. The number of allylic oxidation sites excluding steroid dienone is 7. The summed E-state index contributed by atoms with van der Waals surface area (Å²) in [5.41, 5.74) is 4.82. The largest absolute Gasteiger partial charge is 0.510 e. The fourth-order valence-corrected chi connectivity index (χ4v) is 2.53. The van der Waals surface area contributed by atoms with Gasteiger partial charge in [-0.15, -0.1) is 0 Å². The molecule has 0 aromatic rings. The van der Waals surface area contributed by atoms with Crippen molar-refractivity contribution in [3.63, 3.8) is 0 Å². The van der Waals surface area contributed by atoms with Crippen LogP contribution in [0.3, 0.4) is 0 Å². The average molecular weight is 451 g/mol. The number of likely N-dealkylation sites (N-methyl/N-ethyl adjacent to an activating group) is 1. The number of aliphatic hydroxyl groups is 2. The molecule has 0 atom stereocenters. The lowest BCUT2D eigenvalue weighted by atomic mass is 10.1. The van der Waals surface area contributed by atoms with Crippen molar-refractivity contribution in [2.45, 2.75) is 53.4 Å². The quantitative estimate of drug-likeness (QED) is 0.0995. The summed E-state index contributed by atoms with van der Waals surface area (Å²) in [6.07, 6.45) is 13.7. The third-order valence-electron chi connectivity index (χ3n) is 4.16. The van der Waals surface area contributed by atoms with Crippen LogP contribution in [0.2, 0.25) is 0 Å². The Morgan fingerprint density at radius 1 is 1.19 bits per heavy atom. The topological polar surface area (TPSA) is 137 Å². The van der Waals surface area contributed by atoms with Gasteiger partial charge in [-0.1, -0.05) is 56.7 Å². The Kier molecular flexibility index (Phi) is 21.2. The molecule has 8 nitrogen and oxygen atoms in total. The second kappa shape index (κ2) is 21.5. The van der Waals surface area contributed by atoms with E-state index < -0.39 is 0 Å². The zero-order chi connectivity index (χ0) is 24.8. The molecule has 7 N–H and O–H groups in total. The third kappa shape index (κ3) is 15.2. The Morgan fingerprint density at radius 2 is 1.88 bits per heavy atom. The van der Waals surface area contributed by atoms with Crippen molar-refractivity contribution in [2.24, 2.45) is 5.84 Å². The molecule has 182 valence electrons. The Morgan fingerprint density at radius 3 is 2.41 bits per heavy atom. The van der Waals surface area contributed by atoms with Crippen LogP contribution in [0.4, 0.5) is 0 Å². The minimum absolute atomic E-state index is 0.0391. The zero-order valence-electron chi connectivity index (χ0n) is 20.2. The summed E-state index contributed by atoms with van der Waals surface area (Å²) in [5.74, 6) is 4.84. The van der Waals surface area contributed by atoms with Gasteiger partial charge in [0.15, 0.2) is 0 Å². The predicted molar refractivity (Wildman–Crippen MR) is 132 cm³/mol. The SMILES string of the molecule is CC.CCNC(=O)CC/C(=C/C=C(/O)CO)CC.CNCC1=CC=CCC=C1C(=O)NN. The van der Waals surface area contributed by atoms with Crippen molar-refractivity contribution in [2.75, 3.05) is 26.7 Å². The van der Waals surface area contributed by atoms with Crippen LogP contribution in [0.1, 0.15) is 53.4 Å². The number of hydrazine groups is 1. The lowest BCUT2D eigenvalue weighted by molar-refractivity contribution is -0.121. The number of aliphatic hydroxyl groups excluding tert-OH is 2. The number of carbonyl (C=O) groups is 2. The minimum Gasteiger partial charge on any atom is -0.510 e. The van der Waals surface area contributed by atoms with Gasteiger partial charge in [-0.2, -0.15) is 0 Å². The summed E-state index contributed by atoms with van der Waals surface area (Å²) in [4.78, 5) is 22.6. The second-order valence-electron chi connectivity index (χ2n) is 6.43. The molecule has 0 fully saturated rings. The molecular formula is C24H42N4O4. The number of nitrogens with one attached hydrogen (secondary N) is 3. The molecular weight excluding hydrogens is 408 g/mol.